The van der Waals surface area contributed by atoms with Crippen LogP contribution in [0.3, 0.4) is 0 Å². The Morgan fingerprint density at radius 1 is 1.67 bits per heavy atom. The number of hydrogen-bond donors (Lipinski definition) is 1. The average Bonchev–Trinajstić information content (AvgIpc) is 2.60. The molecule has 0 saturated heterocycles. The van der Waals surface area contributed by atoms with E-state index < -0.39 is 5.97 Å². The maximum absolute atomic E-state index is 10.5. The molecule has 0 amide bonds. The minimum absolute atomic E-state index is 0.00357. The van der Waals surface area contributed by atoms with Gasteiger partial charge in [-0.2, -0.15) is 11.8 Å². The molecule has 0 atom stereocenters. The van der Waals surface area contributed by atoms with E-state index in [1.54, 1.807) is 4.68 Å². The molecule has 1 heterocycles. The van der Waals surface area contributed by atoms with E-state index in [-0.39, 0.29) is 5.69 Å². The smallest absolute Gasteiger partial charge is 0.358 e. The zero-order valence-electron chi connectivity index (χ0n) is 8.88. The van der Waals surface area contributed by atoms with Crippen LogP contribution in [-0.2, 0) is 6.54 Å². The number of nitrogens with zero attached hydrogens (tertiary/aromatic N) is 3. The second-order valence-electron chi connectivity index (χ2n) is 3.64. The van der Waals surface area contributed by atoms with Crippen LogP contribution < -0.4 is 0 Å². The van der Waals surface area contributed by atoms with Crippen LogP contribution >= 0.6 is 11.8 Å². The molecule has 1 rings (SSSR count). The summed E-state index contributed by atoms with van der Waals surface area (Å²) in [5.41, 5.74) is 0.00357. The molecule has 0 aliphatic carbocycles. The minimum Gasteiger partial charge on any atom is -0.476 e. The van der Waals surface area contributed by atoms with Crippen molar-refractivity contribution in [2.45, 2.75) is 20.4 Å². The van der Waals surface area contributed by atoms with Gasteiger partial charge >= 0.3 is 5.97 Å². The molecule has 6 heteroatoms. The zero-order chi connectivity index (χ0) is 11.3. The van der Waals surface area contributed by atoms with Crippen LogP contribution in [0.25, 0.3) is 0 Å². The van der Waals surface area contributed by atoms with E-state index in [4.69, 9.17) is 5.11 Å². The van der Waals surface area contributed by atoms with Crippen molar-refractivity contribution in [1.29, 1.82) is 0 Å². The van der Waals surface area contributed by atoms with Gasteiger partial charge in [0.15, 0.2) is 5.69 Å². The first kappa shape index (κ1) is 12.0. The number of hydrogen-bond acceptors (Lipinski definition) is 4. The molecular formula is C9H15N3O2S. The fraction of sp³-hybridized carbons (Fsp3) is 0.667. The molecule has 84 valence electrons. The molecule has 0 aliphatic heterocycles. The molecule has 5 nitrogen and oxygen atoms in total. The second kappa shape index (κ2) is 5.75. The predicted octanol–water partition coefficient (Wildman–Crippen LogP) is 1.37. The summed E-state index contributed by atoms with van der Waals surface area (Å²) in [5, 5.41) is 15.9. The third-order valence-electron chi connectivity index (χ3n) is 1.67. The van der Waals surface area contributed by atoms with Gasteiger partial charge in [-0.3, -0.25) is 4.68 Å². The Hall–Kier alpha value is -1.04. The summed E-state index contributed by atoms with van der Waals surface area (Å²) in [7, 11) is 0. The lowest BCUT2D eigenvalue weighted by Gasteiger charge is -2.03. The van der Waals surface area contributed by atoms with Crippen molar-refractivity contribution in [3.63, 3.8) is 0 Å². The minimum atomic E-state index is -1.03. The Morgan fingerprint density at radius 3 is 2.93 bits per heavy atom. The lowest BCUT2D eigenvalue weighted by molar-refractivity contribution is 0.0690. The number of thioether (sulfide) groups is 1. The molecule has 1 N–H and O–H groups in total. The maximum Gasteiger partial charge on any atom is 0.358 e. The van der Waals surface area contributed by atoms with Crippen molar-refractivity contribution in [3.05, 3.63) is 11.9 Å². The van der Waals surface area contributed by atoms with Gasteiger partial charge < -0.3 is 5.11 Å². The molecule has 0 aliphatic rings. The van der Waals surface area contributed by atoms with Crippen molar-refractivity contribution in [2.75, 3.05) is 11.5 Å². The first-order chi connectivity index (χ1) is 7.09. The Bertz CT molecular complexity index is 325. The monoisotopic (exact) mass is 229 g/mol. The van der Waals surface area contributed by atoms with Crippen LogP contribution in [0.1, 0.15) is 24.3 Å². The van der Waals surface area contributed by atoms with Gasteiger partial charge in [-0.1, -0.05) is 19.1 Å². The molecule has 0 saturated carbocycles. The normalized spacial score (nSPS) is 10.9. The molecule has 0 spiro atoms. The Balaban J connectivity index is 2.29. The number of aromatic nitrogens is 3. The fourth-order valence-electron chi connectivity index (χ4n) is 0.983. The van der Waals surface area contributed by atoms with Crippen molar-refractivity contribution < 1.29 is 9.90 Å². The molecule has 0 bridgehead atoms. The first-order valence-electron chi connectivity index (χ1n) is 4.80. The molecule has 0 aromatic carbocycles. The largest absolute Gasteiger partial charge is 0.476 e. The van der Waals surface area contributed by atoms with Gasteiger partial charge in [-0.15, -0.1) is 5.10 Å². The van der Waals surface area contributed by atoms with Gasteiger partial charge in [0.1, 0.15) is 0 Å². The Kier molecular flexibility index (Phi) is 4.61. The Morgan fingerprint density at radius 2 is 2.40 bits per heavy atom. The quantitative estimate of drug-likeness (QED) is 0.746. The van der Waals surface area contributed by atoms with E-state index in [1.807, 2.05) is 11.8 Å². The molecule has 1 aromatic heterocycles. The van der Waals surface area contributed by atoms with Crippen molar-refractivity contribution in [2.24, 2.45) is 5.92 Å². The number of carboxylic acid groups (broad SMARTS) is 1. The van der Waals surface area contributed by atoms with Gasteiger partial charge in [0.2, 0.25) is 0 Å². The van der Waals surface area contributed by atoms with E-state index >= 15 is 0 Å². The highest BCUT2D eigenvalue weighted by Crippen LogP contribution is 2.07. The van der Waals surface area contributed by atoms with Crippen LogP contribution in [-0.4, -0.2) is 37.6 Å². The maximum atomic E-state index is 10.5. The number of carbonyl (C=O) groups is 1. The van der Waals surface area contributed by atoms with Crippen LogP contribution in [0.15, 0.2) is 6.20 Å². The van der Waals surface area contributed by atoms with Crippen LogP contribution in [0.2, 0.25) is 0 Å². The van der Waals surface area contributed by atoms with E-state index in [9.17, 15) is 4.79 Å². The van der Waals surface area contributed by atoms with Crippen molar-refractivity contribution in [3.8, 4) is 0 Å². The average molecular weight is 229 g/mol. The zero-order valence-corrected chi connectivity index (χ0v) is 9.70. The summed E-state index contributed by atoms with van der Waals surface area (Å²) >= 11 is 1.84. The van der Waals surface area contributed by atoms with E-state index in [2.05, 4.69) is 24.2 Å². The Labute approximate surface area is 92.9 Å². The summed E-state index contributed by atoms with van der Waals surface area (Å²) < 4.78 is 1.57. The lowest BCUT2D eigenvalue weighted by Crippen LogP contribution is -2.03. The van der Waals surface area contributed by atoms with E-state index in [0.717, 1.165) is 11.5 Å². The molecule has 0 fully saturated rings. The molecular weight excluding hydrogens is 214 g/mol. The van der Waals surface area contributed by atoms with Crippen LogP contribution in [0.5, 0.6) is 0 Å². The highest BCUT2D eigenvalue weighted by Gasteiger charge is 2.07. The fourth-order valence-corrected chi connectivity index (χ4v) is 1.94. The topological polar surface area (TPSA) is 68.0 Å². The number of aromatic carboxylic acids is 1. The van der Waals surface area contributed by atoms with E-state index in [1.165, 1.54) is 6.20 Å². The van der Waals surface area contributed by atoms with Gasteiger partial charge in [-0.05, 0) is 11.7 Å². The standard InChI is InChI=1S/C9H15N3O2S/c1-7(2)6-15-4-3-12-5-8(9(13)14)10-11-12/h5,7H,3-4,6H2,1-2H3,(H,13,14). The lowest BCUT2D eigenvalue weighted by atomic mass is 10.3. The van der Waals surface area contributed by atoms with Crippen LogP contribution in [0.4, 0.5) is 0 Å². The summed E-state index contributed by atoms with van der Waals surface area (Å²) in [6.07, 6.45) is 1.46. The SMILES string of the molecule is CC(C)CSCCn1cc(C(=O)O)nn1. The summed E-state index contributed by atoms with van der Waals surface area (Å²) in [6, 6.07) is 0. The predicted molar refractivity (Wildman–Crippen MR) is 59.1 cm³/mol. The molecule has 1 aromatic rings. The first-order valence-corrected chi connectivity index (χ1v) is 5.96. The second-order valence-corrected chi connectivity index (χ2v) is 4.79. The van der Waals surface area contributed by atoms with Gasteiger partial charge in [0, 0.05) is 5.75 Å². The summed E-state index contributed by atoms with van der Waals surface area (Å²) in [4.78, 5) is 10.5. The molecule has 15 heavy (non-hydrogen) atoms. The van der Waals surface area contributed by atoms with Crippen LogP contribution in [0, 0.1) is 5.92 Å². The summed E-state index contributed by atoms with van der Waals surface area (Å²) in [5.74, 6) is 1.69. The van der Waals surface area contributed by atoms with Crippen molar-refractivity contribution in [1.82, 2.24) is 15.0 Å². The van der Waals surface area contributed by atoms with Gasteiger partial charge in [-0.25, -0.2) is 4.79 Å². The summed E-state index contributed by atoms with van der Waals surface area (Å²) in [6.45, 7) is 5.05. The number of carboxylic acids is 1. The van der Waals surface area contributed by atoms with E-state index in [0.29, 0.717) is 12.5 Å². The highest BCUT2D eigenvalue weighted by molar-refractivity contribution is 7.99. The highest BCUT2D eigenvalue weighted by atomic mass is 32.2. The van der Waals surface area contributed by atoms with Gasteiger partial charge in [0.25, 0.3) is 0 Å². The third kappa shape index (κ3) is 4.33. The molecule has 0 unspecified atom stereocenters. The number of rotatable bonds is 6. The molecule has 0 radical (unpaired) electrons. The third-order valence-corrected chi connectivity index (χ3v) is 3.05. The van der Waals surface area contributed by atoms with Crippen molar-refractivity contribution >= 4 is 17.7 Å². The number of aryl methyl sites for hydroxylation is 1. The van der Waals surface area contributed by atoms with Gasteiger partial charge in [0.05, 0.1) is 12.7 Å².